The molecule has 0 atom stereocenters. The number of aryl methyl sites for hydroxylation is 2. The predicted octanol–water partition coefficient (Wildman–Crippen LogP) is 4.83. The highest BCUT2D eigenvalue weighted by molar-refractivity contribution is 6.39. The molecule has 0 spiro atoms. The summed E-state index contributed by atoms with van der Waals surface area (Å²) >= 11 is 0. The number of hydrogen-bond acceptors (Lipinski definition) is 6. The molecule has 4 amide bonds. The number of imide groups is 2. The minimum absolute atomic E-state index is 0.163. The molecule has 3 aromatic rings. The molecule has 190 valence electrons. The molecular formula is C29H28N2O6. The highest BCUT2D eigenvalue weighted by Crippen LogP contribution is 2.30. The van der Waals surface area contributed by atoms with Crippen LogP contribution in [0.15, 0.2) is 72.3 Å². The Bertz CT molecular complexity index is 1360. The molecule has 1 fully saturated rings. The third kappa shape index (κ3) is 5.98. The number of rotatable bonds is 9. The average Bonchev–Trinajstić information content (AvgIpc) is 2.86. The molecule has 8 heteroatoms. The third-order valence-corrected chi connectivity index (χ3v) is 5.63. The van der Waals surface area contributed by atoms with Gasteiger partial charge in [-0.05, 0) is 73.9 Å². The summed E-state index contributed by atoms with van der Waals surface area (Å²) in [7, 11) is 0. The first-order valence-electron chi connectivity index (χ1n) is 11.9. The second-order valence-corrected chi connectivity index (χ2v) is 8.40. The van der Waals surface area contributed by atoms with Crippen molar-refractivity contribution in [3.8, 4) is 17.2 Å². The fourth-order valence-electron chi connectivity index (χ4n) is 3.85. The number of anilines is 1. The maximum absolute atomic E-state index is 13.2. The van der Waals surface area contributed by atoms with E-state index < -0.39 is 17.8 Å². The first-order valence-corrected chi connectivity index (χ1v) is 11.9. The number of amides is 4. The lowest BCUT2D eigenvalue weighted by molar-refractivity contribution is -0.122. The number of nitrogens with one attached hydrogen (secondary N) is 1. The normalized spacial score (nSPS) is 14.5. The number of urea groups is 1. The number of nitrogens with zero attached hydrogens (tertiary/aromatic N) is 1. The first-order chi connectivity index (χ1) is 17.9. The van der Waals surface area contributed by atoms with E-state index in [9.17, 15) is 14.4 Å². The second kappa shape index (κ2) is 11.4. The molecule has 0 aromatic heterocycles. The lowest BCUT2D eigenvalue weighted by Gasteiger charge is -2.26. The van der Waals surface area contributed by atoms with Gasteiger partial charge in [-0.1, -0.05) is 36.4 Å². The maximum atomic E-state index is 13.2. The van der Waals surface area contributed by atoms with Crippen LogP contribution in [0.25, 0.3) is 6.08 Å². The Morgan fingerprint density at radius 3 is 2.30 bits per heavy atom. The van der Waals surface area contributed by atoms with Crippen LogP contribution in [0, 0.1) is 13.8 Å². The number of hydrogen-bond donors (Lipinski definition) is 1. The Balaban J connectivity index is 1.51. The van der Waals surface area contributed by atoms with Gasteiger partial charge >= 0.3 is 6.03 Å². The predicted molar refractivity (Wildman–Crippen MR) is 140 cm³/mol. The molecule has 0 bridgehead atoms. The van der Waals surface area contributed by atoms with Gasteiger partial charge in [0.1, 0.15) is 24.5 Å². The number of benzene rings is 3. The molecule has 0 unspecified atom stereocenters. The summed E-state index contributed by atoms with van der Waals surface area (Å²) in [6.07, 6.45) is 1.43. The first kappa shape index (κ1) is 25.5. The smallest absolute Gasteiger partial charge is 0.335 e. The SMILES string of the molecule is CCOc1cc(/C=C2/C(=O)NC(=O)N(c3cccc(C)c3)C2=O)ccc1OCCOc1ccccc1C. The van der Waals surface area contributed by atoms with Gasteiger partial charge in [-0.15, -0.1) is 0 Å². The maximum Gasteiger partial charge on any atom is 0.335 e. The fraction of sp³-hybridized carbons (Fsp3) is 0.207. The van der Waals surface area contributed by atoms with Gasteiger partial charge in [0.2, 0.25) is 0 Å². The van der Waals surface area contributed by atoms with E-state index in [1.807, 2.05) is 51.1 Å². The molecule has 0 radical (unpaired) electrons. The Morgan fingerprint density at radius 1 is 0.811 bits per heavy atom. The molecule has 1 heterocycles. The van der Waals surface area contributed by atoms with Gasteiger partial charge in [-0.3, -0.25) is 14.9 Å². The van der Waals surface area contributed by atoms with Gasteiger partial charge < -0.3 is 14.2 Å². The van der Waals surface area contributed by atoms with Crippen molar-refractivity contribution in [2.45, 2.75) is 20.8 Å². The van der Waals surface area contributed by atoms with Gasteiger partial charge in [0.15, 0.2) is 11.5 Å². The van der Waals surface area contributed by atoms with Gasteiger partial charge in [-0.2, -0.15) is 0 Å². The number of carbonyl (C=O) groups is 3. The molecule has 1 saturated heterocycles. The minimum Gasteiger partial charge on any atom is -0.490 e. The summed E-state index contributed by atoms with van der Waals surface area (Å²) in [6, 6.07) is 19.0. The van der Waals surface area contributed by atoms with Crippen LogP contribution in [-0.2, 0) is 9.59 Å². The highest BCUT2D eigenvalue weighted by atomic mass is 16.5. The van der Waals surface area contributed by atoms with E-state index in [1.165, 1.54) is 6.08 Å². The van der Waals surface area contributed by atoms with E-state index in [0.717, 1.165) is 21.8 Å². The van der Waals surface area contributed by atoms with Crippen molar-refractivity contribution in [3.05, 3.63) is 89.0 Å². The molecule has 1 N–H and O–H groups in total. The zero-order valence-electron chi connectivity index (χ0n) is 20.9. The van der Waals surface area contributed by atoms with Crippen molar-refractivity contribution in [3.63, 3.8) is 0 Å². The Hall–Kier alpha value is -4.59. The molecule has 3 aromatic carbocycles. The van der Waals surface area contributed by atoms with Gasteiger partial charge in [0, 0.05) is 0 Å². The van der Waals surface area contributed by atoms with Crippen molar-refractivity contribution >= 4 is 29.6 Å². The van der Waals surface area contributed by atoms with E-state index in [-0.39, 0.29) is 5.57 Å². The van der Waals surface area contributed by atoms with Crippen molar-refractivity contribution in [1.82, 2.24) is 5.32 Å². The second-order valence-electron chi connectivity index (χ2n) is 8.40. The third-order valence-electron chi connectivity index (χ3n) is 5.63. The Labute approximate surface area is 215 Å². The largest absolute Gasteiger partial charge is 0.490 e. The summed E-state index contributed by atoms with van der Waals surface area (Å²) in [6.45, 7) is 6.71. The van der Waals surface area contributed by atoms with Crippen LogP contribution in [0.2, 0.25) is 0 Å². The zero-order valence-corrected chi connectivity index (χ0v) is 20.9. The van der Waals surface area contributed by atoms with E-state index in [1.54, 1.807) is 36.4 Å². The van der Waals surface area contributed by atoms with Crippen LogP contribution in [-0.4, -0.2) is 37.7 Å². The molecule has 8 nitrogen and oxygen atoms in total. The van der Waals surface area contributed by atoms with Gasteiger partial charge in [0.05, 0.1) is 12.3 Å². The van der Waals surface area contributed by atoms with Crippen LogP contribution in [0.1, 0.15) is 23.6 Å². The summed E-state index contributed by atoms with van der Waals surface area (Å²) in [5.41, 5.74) is 2.68. The minimum atomic E-state index is -0.788. The highest BCUT2D eigenvalue weighted by Gasteiger charge is 2.36. The lowest BCUT2D eigenvalue weighted by atomic mass is 10.1. The van der Waals surface area contributed by atoms with Crippen LogP contribution >= 0.6 is 0 Å². The summed E-state index contributed by atoms with van der Waals surface area (Å²) < 4.78 is 17.4. The van der Waals surface area contributed by atoms with Crippen molar-refractivity contribution in [1.29, 1.82) is 0 Å². The van der Waals surface area contributed by atoms with Crippen LogP contribution in [0.5, 0.6) is 17.2 Å². The standard InChI is InChI=1S/C29H28N2O6/c1-4-35-26-18-21(12-13-25(26)37-15-14-36-24-11-6-5-9-20(24)3)17-23-27(32)30-29(34)31(28(23)33)22-10-7-8-19(2)16-22/h5-13,16-18H,4,14-15H2,1-3H3,(H,30,32,34)/b23-17-. The Kier molecular flexibility index (Phi) is 7.88. The molecule has 1 aliphatic rings. The Morgan fingerprint density at radius 2 is 1.57 bits per heavy atom. The van der Waals surface area contributed by atoms with Gasteiger partial charge in [-0.25, -0.2) is 9.69 Å². The quantitative estimate of drug-likeness (QED) is 0.257. The number of barbiturate groups is 1. The number of para-hydroxylation sites is 1. The molecule has 1 aliphatic heterocycles. The van der Waals surface area contributed by atoms with Crippen molar-refractivity contribution in [2.75, 3.05) is 24.7 Å². The average molecular weight is 501 g/mol. The van der Waals surface area contributed by atoms with E-state index in [4.69, 9.17) is 14.2 Å². The van der Waals surface area contributed by atoms with E-state index in [2.05, 4.69) is 5.32 Å². The van der Waals surface area contributed by atoms with Crippen molar-refractivity contribution in [2.24, 2.45) is 0 Å². The summed E-state index contributed by atoms with van der Waals surface area (Å²) in [5, 5.41) is 2.24. The molecule has 4 rings (SSSR count). The topological polar surface area (TPSA) is 94.2 Å². The monoisotopic (exact) mass is 500 g/mol. The zero-order chi connectivity index (χ0) is 26.4. The molecule has 37 heavy (non-hydrogen) atoms. The molecule has 0 saturated carbocycles. The van der Waals surface area contributed by atoms with E-state index >= 15 is 0 Å². The van der Waals surface area contributed by atoms with Gasteiger partial charge in [0.25, 0.3) is 11.8 Å². The van der Waals surface area contributed by atoms with Crippen LogP contribution < -0.4 is 24.4 Å². The van der Waals surface area contributed by atoms with Crippen molar-refractivity contribution < 1.29 is 28.6 Å². The fourth-order valence-corrected chi connectivity index (χ4v) is 3.85. The number of carbonyl (C=O) groups excluding carboxylic acids is 3. The van der Waals surface area contributed by atoms with E-state index in [0.29, 0.717) is 42.6 Å². The number of ether oxygens (including phenoxy) is 3. The summed E-state index contributed by atoms with van der Waals surface area (Å²) in [4.78, 5) is 39.1. The van der Waals surface area contributed by atoms with Crippen LogP contribution in [0.4, 0.5) is 10.5 Å². The van der Waals surface area contributed by atoms with Crippen LogP contribution in [0.3, 0.4) is 0 Å². The molecular weight excluding hydrogens is 472 g/mol. The summed E-state index contributed by atoms with van der Waals surface area (Å²) in [5.74, 6) is 0.305. The molecule has 0 aliphatic carbocycles. The lowest BCUT2D eigenvalue weighted by Crippen LogP contribution is -2.54.